The molecule has 140 valence electrons. The Morgan fingerprint density at radius 1 is 1.26 bits per heavy atom. The topological polar surface area (TPSA) is 68.5 Å². The highest BCUT2D eigenvalue weighted by Crippen LogP contribution is 2.21. The molecule has 0 aliphatic heterocycles. The second-order valence-corrected chi connectivity index (χ2v) is 8.94. The monoisotopic (exact) mass is 404 g/mol. The van der Waals surface area contributed by atoms with E-state index in [1.54, 1.807) is 34.9 Å². The highest BCUT2D eigenvalue weighted by atomic mass is 32.2. The first-order valence-corrected chi connectivity index (χ1v) is 10.7. The van der Waals surface area contributed by atoms with Gasteiger partial charge in [-0.05, 0) is 24.3 Å². The van der Waals surface area contributed by atoms with E-state index in [0.717, 1.165) is 11.3 Å². The first-order chi connectivity index (χ1) is 12.9. The van der Waals surface area contributed by atoms with Crippen molar-refractivity contribution in [3.8, 4) is 0 Å². The van der Waals surface area contributed by atoms with Crippen molar-refractivity contribution in [3.63, 3.8) is 0 Å². The number of para-hydroxylation sites is 1. The average Bonchev–Trinajstić information content (AvgIpc) is 3.00. The molecule has 3 rings (SSSR count). The molecule has 0 unspecified atom stereocenters. The molecule has 1 amide bonds. The summed E-state index contributed by atoms with van der Waals surface area (Å²) in [6.45, 7) is 5.44. The van der Waals surface area contributed by atoms with Crippen molar-refractivity contribution in [2.24, 2.45) is 4.99 Å². The van der Waals surface area contributed by atoms with Crippen molar-refractivity contribution in [2.75, 3.05) is 5.75 Å². The Bertz CT molecular complexity index is 1210. The molecule has 0 spiro atoms. The van der Waals surface area contributed by atoms with Gasteiger partial charge in [0, 0.05) is 6.54 Å². The fourth-order valence-corrected chi connectivity index (χ4v) is 4.83. The van der Waals surface area contributed by atoms with E-state index in [9.17, 15) is 17.6 Å². The minimum Gasteiger partial charge on any atom is -0.310 e. The Labute approximate surface area is 160 Å². The number of halogens is 1. The quantitative estimate of drug-likeness (QED) is 0.611. The maximum absolute atomic E-state index is 14.3. The molecular formula is C19H17FN2O3S2. The van der Waals surface area contributed by atoms with Gasteiger partial charge in [-0.15, -0.1) is 6.58 Å². The number of aromatic nitrogens is 1. The zero-order valence-corrected chi connectivity index (χ0v) is 16.2. The Morgan fingerprint density at radius 3 is 2.70 bits per heavy atom. The van der Waals surface area contributed by atoms with Gasteiger partial charge in [-0.1, -0.05) is 42.5 Å². The van der Waals surface area contributed by atoms with Crippen molar-refractivity contribution >= 4 is 37.3 Å². The lowest BCUT2D eigenvalue weighted by Gasteiger charge is -2.06. The maximum atomic E-state index is 14.3. The second kappa shape index (κ2) is 7.58. The van der Waals surface area contributed by atoms with Gasteiger partial charge in [0.25, 0.3) is 5.91 Å². The van der Waals surface area contributed by atoms with Crippen LogP contribution < -0.4 is 4.80 Å². The number of fused-ring (bicyclic) bond motifs is 1. The highest BCUT2D eigenvalue weighted by molar-refractivity contribution is 7.91. The van der Waals surface area contributed by atoms with Crippen molar-refractivity contribution in [2.45, 2.75) is 18.4 Å². The SMILES string of the molecule is C=CCn1c(=NC(=O)c2ccccc2S(=O)(=O)CC)sc2cccc(F)c21. The zero-order valence-electron chi connectivity index (χ0n) is 14.6. The van der Waals surface area contributed by atoms with Gasteiger partial charge in [-0.25, -0.2) is 12.8 Å². The smallest absolute Gasteiger partial charge is 0.280 e. The number of hydrogen-bond donors (Lipinski definition) is 0. The minimum atomic E-state index is -3.58. The van der Waals surface area contributed by atoms with Crippen LogP contribution in [0.5, 0.6) is 0 Å². The van der Waals surface area contributed by atoms with E-state index in [1.165, 1.54) is 25.1 Å². The molecule has 0 radical (unpaired) electrons. The van der Waals surface area contributed by atoms with E-state index in [-0.39, 0.29) is 27.6 Å². The standard InChI is InChI=1S/C19H17FN2O3S2/c1-3-12-22-17-14(20)9-7-10-15(17)26-19(22)21-18(23)13-8-5-6-11-16(13)27(24,25)4-2/h3,5-11H,1,4,12H2,2H3. The van der Waals surface area contributed by atoms with Gasteiger partial charge in [0.2, 0.25) is 0 Å². The number of amides is 1. The first-order valence-electron chi connectivity index (χ1n) is 8.18. The molecule has 27 heavy (non-hydrogen) atoms. The Morgan fingerprint density at radius 2 is 2.00 bits per heavy atom. The summed E-state index contributed by atoms with van der Waals surface area (Å²) in [5.74, 6) is -1.23. The van der Waals surface area contributed by atoms with Crippen LogP contribution in [0.25, 0.3) is 10.2 Å². The van der Waals surface area contributed by atoms with Gasteiger partial charge < -0.3 is 4.57 Å². The van der Waals surface area contributed by atoms with Gasteiger partial charge in [0.05, 0.1) is 26.4 Å². The van der Waals surface area contributed by atoms with Crippen molar-refractivity contribution in [1.82, 2.24) is 4.57 Å². The van der Waals surface area contributed by atoms with Crippen molar-refractivity contribution < 1.29 is 17.6 Å². The molecule has 0 aliphatic rings. The summed E-state index contributed by atoms with van der Waals surface area (Å²) in [6, 6.07) is 10.6. The number of carbonyl (C=O) groups is 1. The van der Waals surface area contributed by atoms with Gasteiger partial charge in [0.1, 0.15) is 5.82 Å². The summed E-state index contributed by atoms with van der Waals surface area (Å²) < 4.78 is 41.0. The summed E-state index contributed by atoms with van der Waals surface area (Å²) in [7, 11) is -3.58. The van der Waals surface area contributed by atoms with Crippen molar-refractivity contribution in [3.05, 3.63) is 71.3 Å². The number of nitrogens with zero attached hydrogens (tertiary/aromatic N) is 2. The van der Waals surface area contributed by atoms with E-state index in [2.05, 4.69) is 11.6 Å². The van der Waals surface area contributed by atoms with Gasteiger partial charge in [-0.2, -0.15) is 4.99 Å². The number of benzene rings is 2. The molecule has 2 aromatic carbocycles. The molecule has 0 fully saturated rings. The minimum absolute atomic E-state index is 0.00225. The molecule has 3 aromatic rings. The summed E-state index contributed by atoms with van der Waals surface area (Å²) in [4.78, 5) is 17.1. The lowest BCUT2D eigenvalue weighted by atomic mass is 10.2. The summed E-state index contributed by atoms with van der Waals surface area (Å²) in [5, 5.41) is 0. The van der Waals surface area contributed by atoms with Gasteiger partial charge >= 0.3 is 0 Å². The largest absolute Gasteiger partial charge is 0.310 e. The molecule has 0 N–H and O–H groups in total. The van der Waals surface area contributed by atoms with Gasteiger partial charge in [0.15, 0.2) is 14.6 Å². The molecule has 0 aliphatic carbocycles. The zero-order chi connectivity index (χ0) is 19.6. The van der Waals surface area contributed by atoms with Gasteiger partial charge in [-0.3, -0.25) is 4.79 Å². The molecule has 8 heteroatoms. The van der Waals surface area contributed by atoms with E-state index in [0.29, 0.717) is 10.2 Å². The van der Waals surface area contributed by atoms with E-state index < -0.39 is 21.6 Å². The third kappa shape index (κ3) is 3.63. The Hall–Kier alpha value is -2.58. The predicted molar refractivity (Wildman–Crippen MR) is 104 cm³/mol. The fraction of sp³-hybridized carbons (Fsp3) is 0.158. The third-order valence-electron chi connectivity index (χ3n) is 3.99. The number of rotatable bonds is 5. The number of thiazole rings is 1. The highest BCUT2D eigenvalue weighted by Gasteiger charge is 2.20. The lowest BCUT2D eigenvalue weighted by Crippen LogP contribution is -2.18. The van der Waals surface area contributed by atoms with Crippen LogP contribution in [0.2, 0.25) is 0 Å². The molecule has 1 aromatic heterocycles. The number of hydrogen-bond acceptors (Lipinski definition) is 4. The first kappa shape index (κ1) is 19.2. The molecule has 0 bridgehead atoms. The average molecular weight is 404 g/mol. The van der Waals surface area contributed by atoms with Crippen molar-refractivity contribution in [1.29, 1.82) is 0 Å². The number of sulfone groups is 1. The van der Waals surface area contributed by atoms with Crippen LogP contribution in [0.4, 0.5) is 4.39 Å². The van der Waals surface area contributed by atoms with Crippen LogP contribution in [0.1, 0.15) is 17.3 Å². The fourth-order valence-electron chi connectivity index (χ4n) is 2.69. The van der Waals surface area contributed by atoms with Crippen LogP contribution in [0.3, 0.4) is 0 Å². The van der Waals surface area contributed by atoms with Crippen LogP contribution in [0, 0.1) is 5.82 Å². The van der Waals surface area contributed by atoms with Crippen LogP contribution >= 0.6 is 11.3 Å². The predicted octanol–water partition coefficient (Wildman–Crippen LogP) is 3.56. The summed E-state index contributed by atoms with van der Waals surface area (Å²) in [6.07, 6.45) is 1.58. The number of carbonyl (C=O) groups excluding carboxylic acids is 1. The summed E-state index contributed by atoms with van der Waals surface area (Å²) >= 11 is 1.16. The Balaban J connectivity index is 2.22. The normalized spacial score (nSPS) is 12.4. The molecule has 0 saturated carbocycles. The maximum Gasteiger partial charge on any atom is 0.280 e. The molecule has 1 heterocycles. The van der Waals surface area contributed by atoms with Crippen LogP contribution in [0.15, 0.2) is 65.0 Å². The second-order valence-electron chi connectivity index (χ2n) is 5.69. The third-order valence-corrected chi connectivity index (χ3v) is 6.82. The lowest BCUT2D eigenvalue weighted by molar-refractivity contribution is 0.0994. The van der Waals surface area contributed by atoms with E-state index in [4.69, 9.17) is 0 Å². The number of allylic oxidation sites excluding steroid dienone is 1. The Kier molecular flexibility index (Phi) is 5.38. The molecule has 5 nitrogen and oxygen atoms in total. The summed E-state index contributed by atoms with van der Waals surface area (Å²) in [5.41, 5.74) is 0.339. The molecular weight excluding hydrogens is 387 g/mol. The van der Waals surface area contributed by atoms with Crippen LogP contribution in [-0.2, 0) is 16.4 Å². The van der Waals surface area contributed by atoms with E-state index in [1.807, 2.05) is 0 Å². The molecule has 0 saturated heterocycles. The van der Waals surface area contributed by atoms with Crippen LogP contribution in [-0.4, -0.2) is 24.6 Å². The van der Waals surface area contributed by atoms with E-state index >= 15 is 0 Å². The molecule has 0 atom stereocenters.